The summed E-state index contributed by atoms with van der Waals surface area (Å²) in [6.07, 6.45) is 3.76. The summed E-state index contributed by atoms with van der Waals surface area (Å²) in [6.45, 7) is 10.3. The molecule has 1 saturated heterocycles. The fourth-order valence-corrected chi connectivity index (χ4v) is 3.63. The van der Waals surface area contributed by atoms with E-state index in [4.69, 9.17) is 11.6 Å². The van der Waals surface area contributed by atoms with E-state index in [1.54, 1.807) is 0 Å². The standard InChI is InChI=1S/C21H27ClN4O/c1-13(2)15-8-7-9-16(14(3)4)18(15)24-20(27)19-17(22)12-23-21(25-19)26-10-5-6-11-26/h7-9,12-14H,5-6,10-11H2,1-4H3,(H,24,27). The van der Waals surface area contributed by atoms with Crippen molar-refractivity contribution in [2.45, 2.75) is 52.4 Å². The van der Waals surface area contributed by atoms with E-state index < -0.39 is 0 Å². The summed E-state index contributed by atoms with van der Waals surface area (Å²) in [5.74, 6) is 0.862. The monoisotopic (exact) mass is 386 g/mol. The minimum Gasteiger partial charge on any atom is -0.341 e. The van der Waals surface area contributed by atoms with Crippen molar-refractivity contribution >= 4 is 29.1 Å². The van der Waals surface area contributed by atoms with Gasteiger partial charge in [-0.15, -0.1) is 0 Å². The lowest BCUT2D eigenvalue weighted by Gasteiger charge is -2.20. The topological polar surface area (TPSA) is 58.1 Å². The van der Waals surface area contributed by atoms with Crippen LogP contribution in [0.3, 0.4) is 0 Å². The van der Waals surface area contributed by atoms with Crippen molar-refractivity contribution in [2.24, 2.45) is 0 Å². The van der Waals surface area contributed by atoms with Crippen molar-refractivity contribution < 1.29 is 4.79 Å². The zero-order valence-corrected chi connectivity index (χ0v) is 17.2. The predicted octanol–water partition coefficient (Wildman–Crippen LogP) is 5.23. The van der Waals surface area contributed by atoms with Crippen molar-refractivity contribution in [3.8, 4) is 0 Å². The Kier molecular flexibility index (Phi) is 6.00. The molecule has 2 heterocycles. The maximum absolute atomic E-state index is 13.0. The first-order valence-corrected chi connectivity index (χ1v) is 9.98. The van der Waals surface area contributed by atoms with E-state index in [2.05, 4.69) is 60.0 Å². The van der Waals surface area contributed by atoms with Gasteiger partial charge < -0.3 is 10.2 Å². The van der Waals surface area contributed by atoms with Gasteiger partial charge in [0.1, 0.15) is 0 Å². The first kappa shape index (κ1) is 19.6. The molecule has 6 heteroatoms. The summed E-state index contributed by atoms with van der Waals surface area (Å²) >= 11 is 6.26. The van der Waals surface area contributed by atoms with Gasteiger partial charge in [0.2, 0.25) is 5.95 Å². The van der Waals surface area contributed by atoms with Gasteiger partial charge in [-0.3, -0.25) is 4.79 Å². The molecule has 1 amide bonds. The number of para-hydroxylation sites is 1. The first-order chi connectivity index (χ1) is 12.9. The fourth-order valence-electron chi connectivity index (χ4n) is 3.45. The third kappa shape index (κ3) is 4.24. The summed E-state index contributed by atoms with van der Waals surface area (Å²) < 4.78 is 0. The molecule has 1 aliphatic rings. The SMILES string of the molecule is CC(C)c1cccc(C(C)C)c1NC(=O)c1nc(N2CCCC2)ncc1Cl. The maximum Gasteiger partial charge on any atom is 0.276 e. The van der Waals surface area contributed by atoms with Crippen LogP contribution < -0.4 is 10.2 Å². The van der Waals surface area contributed by atoms with E-state index in [1.165, 1.54) is 6.20 Å². The lowest BCUT2D eigenvalue weighted by atomic mass is 9.92. The molecule has 1 N–H and O–H groups in total. The van der Waals surface area contributed by atoms with Gasteiger partial charge in [0.15, 0.2) is 5.69 Å². The fraction of sp³-hybridized carbons (Fsp3) is 0.476. The third-order valence-electron chi connectivity index (χ3n) is 4.95. The number of anilines is 2. The van der Waals surface area contributed by atoms with Gasteiger partial charge in [-0.05, 0) is 35.8 Å². The van der Waals surface area contributed by atoms with Crippen molar-refractivity contribution in [3.05, 3.63) is 46.2 Å². The number of benzene rings is 1. The maximum atomic E-state index is 13.0. The van der Waals surface area contributed by atoms with Crippen LogP contribution in [0.4, 0.5) is 11.6 Å². The molecule has 1 aromatic carbocycles. The van der Waals surface area contributed by atoms with Gasteiger partial charge in [-0.1, -0.05) is 57.5 Å². The summed E-state index contributed by atoms with van der Waals surface area (Å²) in [4.78, 5) is 23.9. The van der Waals surface area contributed by atoms with Gasteiger partial charge >= 0.3 is 0 Å². The molecule has 0 spiro atoms. The Balaban J connectivity index is 1.95. The summed E-state index contributed by atoms with van der Waals surface area (Å²) in [6, 6.07) is 6.16. The second-order valence-electron chi connectivity index (χ2n) is 7.64. The number of rotatable bonds is 5. The predicted molar refractivity (Wildman–Crippen MR) is 111 cm³/mol. The van der Waals surface area contributed by atoms with Crippen molar-refractivity contribution in [1.82, 2.24) is 9.97 Å². The number of carbonyl (C=O) groups excluding carboxylic acids is 1. The molecule has 3 rings (SSSR count). The van der Waals surface area contributed by atoms with E-state index in [0.29, 0.717) is 17.8 Å². The van der Waals surface area contributed by atoms with Crippen molar-refractivity contribution in [1.29, 1.82) is 0 Å². The van der Waals surface area contributed by atoms with E-state index >= 15 is 0 Å². The molecule has 27 heavy (non-hydrogen) atoms. The van der Waals surface area contributed by atoms with E-state index in [-0.39, 0.29) is 16.6 Å². The normalized spacial score (nSPS) is 14.3. The highest BCUT2D eigenvalue weighted by Gasteiger charge is 2.22. The number of hydrogen-bond acceptors (Lipinski definition) is 4. The van der Waals surface area contributed by atoms with Crippen LogP contribution in [0, 0.1) is 0 Å². The smallest absolute Gasteiger partial charge is 0.276 e. The molecule has 144 valence electrons. The quantitative estimate of drug-likeness (QED) is 0.764. The lowest BCUT2D eigenvalue weighted by Crippen LogP contribution is -2.23. The zero-order valence-electron chi connectivity index (χ0n) is 16.4. The highest BCUT2D eigenvalue weighted by Crippen LogP contribution is 2.33. The number of nitrogens with zero attached hydrogens (tertiary/aromatic N) is 3. The highest BCUT2D eigenvalue weighted by atomic mass is 35.5. The second kappa shape index (κ2) is 8.26. The van der Waals surface area contributed by atoms with Gasteiger partial charge in [-0.2, -0.15) is 0 Å². The minimum absolute atomic E-state index is 0.224. The highest BCUT2D eigenvalue weighted by molar-refractivity contribution is 6.34. The van der Waals surface area contributed by atoms with Crippen LogP contribution in [0.2, 0.25) is 5.02 Å². The van der Waals surface area contributed by atoms with Crippen LogP contribution in [0.25, 0.3) is 0 Å². The summed E-state index contributed by atoms with van der Waals surface area (Å²) in [7, 11) is 0. The summed E-state index contributed by atoms with van der Waals surface area (Å²) in [5.41, 5.74) is 3.31. The average Bonchev–Trinajstić information content (AvgIpc) is 3.16. The molecule has 5 nitrogen and oxygen atoms in total. The average molecular weight is 387 g/mol. The minimum atomic E-state index is -0.294. The van der Waals surface area contributed by atoms with Crippen LogP contribution in [0.5, 0.6) is 0 Å². The number of hydrogen-bond donors (Lipinski definition) is 1. The largest absolute Gasteiger partial charge is 0.341 e. The first-order valence-electron chi connectivity index (χ1n) is 9.60. The van der Waals surface area contributed by atoms with Crippen molar-refractivity contribution in [3.63, 3.8) is 0 Å². The van der Waals surface area contributed by atoms with Crippen LogP contribution in [0.1, 0.15) is 74.0 Å². The molecule has 1 aliphatic heterocycles. The number of nitrogens with one attached hydrogen (secondary N) is 1. The van der Waals surface area contributed by atoms with Gasteiger partial charge in [-0.25, -0.2) is 9.97 Å². The number of halogens is 1. The summed E-state index contributed by atoms with van der Waals surface area (Å²) in [5, 5.41) is 3.35. The van der Waals surface area contributed by atoms with Gasteiger partial charge in [0, 0.05) is 18.8 Å². The number of aromatic nitrogens is 2. The molecule has 0 saturated carbocycles. The van der Waals surface area contributed by atoms with Gasteiger partial charge in [0.25, 0.3) is 5.91 Å². The van der Waals surface area contributed by atoms with E-state index in [9.17, 15) is 4.79 Å². The molecular formula is C21H27ClN4O. The Bertz CT molecular complexity index is 803. The molecule has 0 aliphatic carbocycles. The molecule has 0 unspecified atom stereocenters. The second-order valence-corrected chi connectivity index (χ2v) is 8.04. The molecule has 0 radical (unpaired) electrons. The van der Waals surface area contributed by atoms with E-state index in [1.807, 2.05) is 6.07 Å². The number of amides is 1. The Morgan fingerprint density at radius 2 is 1.70 bits per heavy atom. The molecular weight excluding hydrogens is 360 g/mol. The third-order valence-corrected chi connectivity index (χ3v) is 5.22. The molecule has 0 atom stereocenters. The van der Waals surface area contributed by atoms with E-state index in [0.717, 1.165) is 42.7 Å². The van der Waals surface area contributed by atoms with Crippen LogP contribution in [-0.2, 0) is 0 Å². The Morgan fingerprint density at radius 3 is 2.26 bits per heavy atom. The Morgan fingerprint density at radius 1 is 1.11 bits per heavy atom. The zero-order chi connectivity index (χ0) is 19.6. The molecule has 2 aromatic rings. The van der Waals surface area contributed by atoms with Crippen molar-refractivity contribution in [2.75, 3.05) is 23.3 Å². The number of carbonyl (C=O) groups is 1. The Hall–Kier alpha value is -2.14. The van der Waals surface area contributed by atoms with Gasteiger partial charge in [0.05, 0.1) is 11.2 Å². The molecule has 0 bridgehead atoms. The Labute approximate surface area is 166 Å². The lowest BCUT2D eigenvalue weighted by molar-refractivity contribution is 0.102. The van der Waals surface area contributed by atoms with Crippen LogP contribution in [-0.4, -0.2) is 29.0 Å². The molecule has 1 fully saturated rings. The molecule has 1 aromatic heterocycles. The van der Waals surface area contributed by atoms with Crippen LogP contribution >= 0.6 is 11.6 Å². The van der Waals surface area contributed by atoms with Crippen LogP contribution in [0.15, 0.2) is 24.4 Å².